The van der Waals surface area contributed by atoms with Crippen molar-refractivity contribution < 1.29 is 19.4 Å². The second-order valence-corrected chi connectivity index (χ2v) is 7.90. The van der Waals surface area contributed by atoms with Crippen molar-refractivity contribution in [2.45, 2.75) is 90.0 Å². The summed E-state index contributed by atoms with van der Waals surface area (Å²) in [5.41, 5.74) is 10.9. The molecule has 4 N–H and O–H groups in total. The Bertz CT molecular complexity index is 636. The van der Waals surface area contributed by atoms with Crippen LogP contribution in [-0.2, 0) is 19.4 Å². The van der Waals surface area contributed by atoms with E-state index >= 15 is 0 Å². The Kier molecular flexibility index (Phi) is 22.4. The maximum Gasteiger partial charge on any atom is 0.379 e. The molecule has 0 rings (SSSR count). The standard InChI is InChI=1S/C27H44N2O4/c1-2-3-4-5-6-7-8-9-10-11-12-13-14-15-16-17-18-19-20-23-26(30)32-33-27(31)25(29)22-21-24-28/h12-20,23,25H,2-11,21-22,24,28-29H2,1H3/b13-12+,15-14+,17-16+,19-18+,23-20+. The van der Waals surface area contributed by atoms with Gasteiger partial charge in [0.2, 0.25) is 0 Å². The van der Waals surface area contributed by atoms with Crippen molar-refractivity contribution in [3.05, 3.63) is 60.8 Å². The molecule has 0 bridgehead atoms. The molecule has 0 heterocycles. The fourth-order valence-corrected chi connectivity index (χ4v) is 2.89. The number of rotatable bonds is 19. The van der Waals surface area contributed by atoms with Crippen LogP contribution in [-0.4, -0.2) is 24.5 Å². The molecule has 33 heavy (non-hydrogen) atoms. The fourth-order valence-electron chi connectivity index (χ4n) is 2.89. The van der Waals surface area contributed by atoms with Gasteiger partial charge in [0.15, 0.2) is 0 Å². The van der Waals surface area contributed by atoms with Crippen LogP contribution < -0.4 is 11.5 Å². The molecule has 0 aliphatic rings. The normalized spacial score (nSPS) is 13.2. The van der Waals surface area contributed by atoms with Crippen molar-refractivity contribution in [3.8, 4) is 0 Å². The van der Waals surface area contributed by atoms with E-state index in [0.29, 0.717) is 19.4 Å². The van der Waals surface area contributed by atoms with Crippen molar-refractivity contribution >= 4 is 11.9 Å². The predicted octanol–water partition coefficient (Wildman–Crippen LogP) is 5.76. The largest absolute Gasteiger partial charge is 0.379 e. The maximum atomic E-state index is 11.5. The van der Waals surface area contributed by atoms with E-state index in [1.54, 1.807) is 12.2 Å². The molecule has 0 aliphatic carbocycles. The molecule has 1 unspecified atom stereocenters. The van der Waals surface area contributed by atoms with Crippen LogP contribution in [0.25, 0.3) is 0 Å². The molecule has 0 aromatic heterocycles. The fraction of sp³-hybridized carbons (Fsp3) is 0.556. The molecular formula is C27H44N2O4. The number of nitrogens with two attached hydrogens (primary N) is 2. The highest BCUT2D eigenvalue weighted by Gasteiger charge is 2.17. The molecule has 0 fully saturated rings. The Labute approximate surface area is 200 Å². The molecular weight excluding hydrogens is 416 g/mol. The minimum Gasteiger partial charge on any atom is -0.330 e. The van der Waals surface area contributed by atoms with E-state index in [-0.39, 0.29) is 0 Å². The topological polar surface area (TPSA) is 105 Å². The van der Waals surface area contributed by atoms with Crippen molar-refractivity contribution in [1.82, 2.24) is 0 Å². The second kappa shape index (κ2) is 24.2. The minimum atomic E-state index is -0.854. The quantitative estimate of drug-likeness (QED) is 0.0835. The van der Waals surface area contributed by atoms with Gasteiger partial charge in [0.25, 0.3) is 0 Å². The van der Waals surface area contributed by atoms with Crippen LogP contribution in [0, 0.1) is 0 Å². The van der Waals surface area contributed by atoms with E-state index in [0.717, 1.165) is 12.5 Å². The molecule has 0 aliphatic heterocycles. The van der Waals surface area contributed by atoms with E-state index < -0.39 is 18.0 Å². The number of hydrogen-bond donors (Lipinski definition) is 2. The second-order valence-electron chi connectivity index (χ2n) is 7.90. The highest BCUT2D eigenvalue weighted by Crippen LogP contribution is 2.10. The molecule has 0 saturated carbocycles. The van der Waals surface area contributed by atoms with Crippen molar-refractivity contribution in [2.24, 2.45) is 11.5 Å². The van der Waals surface area contributed by atoms with E-state index in [9.17, 15) is 9.59 Å². The van der Waals surface area contributed by atoms with E-state index in [1.807, 2.05) is 24.3 Å². The smallest absolute Gasteiger partial charge is 0.330 e. The number of hydrogen-bond acceptors (Lipinski definition) is 6. The Morgan fingerprint density at radius 3 is 1.88 bits per heavy atom. The number of carbonyl (C=O) groups is 2. The van der Waals surface area contributed by atoms with Gasteiger partial charge < -0.3 is 11.5 Å². The van der Waals surface area contributed by atoms with Crippen LogP contribution in [0.5, 0.6) is 0 Å². The van der Waals surface area contributed by atoms with Gasteiger partial charge in [-0.3, -0.25) is 0 Å². The molecule has 0 aromatic carbocycles. The van der Waals surface area contributed by atoms with Crippen molar-refractivity contribution in [3.63, 3.8) is 0 Å². The number of allylic oxidation sites excluding steroid dienone is 9. The summed E-state index contributed by atoms with van der Waals surface area (Å²) in [7, 11) is 0. The van der Waals surface area contributed by atoms with E-state index in [4.69, 9.17) is 11.5 Å². The van der Waals surface area contributed by atoms with Crippen molar-refractivity contribution in [1.29, 1.82) is 0 Å². The summed E-state index contributed by atoms with van der Waals surface area (Å²) in [5.74, 6) is -1.59. The zero-order valence-electron chi connectivity index (χ0n) is 20.3. The highest BCUT2D eigenvalue weighted by molar-refractivity contribution is 5.83. The zero-order valence-corrected chi connectivity index (χ0v) is 20.3. The van der Waals surface area contributed by atoms with Crippen LogP contribution in [0.15, 0.2) is 60.8 Å². The van der Waals surface area contributed by atoms with Crippen LogP contribution in [0.1, 0.15) is 84.0 Å². The van der Waals surface area contributed by atoms with Gasteiger partial charge in [0.05, 0.1) is 0 Å². The SMILES string of the molecule is CCCCCCCCCCC/C=C/C=C/C=C/C=C/C=C/C(=O)OOC(=O)C(N)CCCN. The monoisotopic (exact) mass is 460 g/mol. The summed E-state index contributed by atoms with van der Waals surface area (Å²) >= 11 is 0. The third kappa shape index (κ3) is 22.5. The molecule has 186 valence electrons. The lowest BCUT2D eigenvalue weighted by atomic mass is 10.1. The van der Waals surface area contributed by atoms with Crippen molar-refractivity contribution in [2.75, 3.05) is 6.54 Å². The molecule has 0 radical (unpaired) electrons. The predicted molar refractivity (Wildman–Crippen MR) is 136 cm³/mol. The lowest BCUT2D eigenvalue weighted by molar-refractivity contribution is -0.256. The Morgan fingerprint density at radius 2 is 1.27 bits per heavy atom. The average molecular weight is 461 g/mol. The van der Waals surface area contributed by atoms with E-state index in [2.05, 4.69) is 28.9 Å². The third-order valence-electron chi connectivity index (χ3n) is 4.85. The molecule has 0 aromatic rings. The summed E-state index contributed by atoms with van der Waals surface area (Å²) in [4.78, 5) is 31.7. The first kappa shape index (κ1) is 30.6. The van der Waals surface area contributed by atoms with Gasteiger partial charge in [0.1, 0.15) is 6.04 Å². The van der Waals surface area contributed by atoms with Crippen LogP contribution >= 0.6 is 0 Å². The van der Waals surface area contributed by atoms with Gasteiger partial charge in [-0.25, -0.2) is 19.4 Å². The van der Waals surface area contributed by atoms with Gasteiger partial charge >= 0.3 is 11.9 Å². The number of unbranched alkanes of at least 4 members (excludes halogenated alkanes) is 9. The van der Waals surface area contributed by atoms with Crippen LogP contribution in [0.2, 0.25) is 0 Å². The van der Waals surface area contributed by atoms with E-state index in [1.165, 1.54) is 63.9 Å². The Morgan fingerprint density at radius 1 is 0.727 bits per heavy atom. The van der Waals surface area contributed by atoms with Crippen LogP contribution in [0.4, 0.5) is 0 Å². The van der Waals surface area contributed by atoms with Gasteiger partial charge in [-0.2, -0.15) is 0 Å². The highest BCUT2D eigenvalue weighted by atomic mass is 17.2. The summed E-state index contributed by atoms with van der Waals surface area (Å²) in [6.45, 7) is 2.68. The molecule has 1 atom stereocenters. The Balaban J connectivity index is 3.75. The zero-order chi connectivity index (χ0) is 24.4. The molecule has 0 amide bonds. The molecule has 6 heteroatoms. The van der Waals surface area contributed by atoms with Gasteiger partial charge in [-0.05, 0) is 32.2 Å². The summed E-state index contributed by atoms with van der Waals surface area (Å²) in [6.07, 6.45) is 32.3. The lowest BCUT2D eigenvalue weighted by Gasteiger charge is -2.07. The van der Waals surface area contributed by atoms with Gasteiger partial charge in [-0.15, -0.1) is 0 Å². The summed E-state index contributed by atoms with van der Waals surface area (Å²) < 4.78 is 0. The first-order chi connectivity index (χ1) is 16.1. The van der Waals surface area contributed by atoms with Crippen LogP contribution in [0.3, 0.4) is 0 Å². The molecule has 0 spiro atoms. The average Bonchev–Trinajstić information content (AvgIpc) is 2.82. The van der Waals surface area contributed by atoms with Gasteiger partial charge in [0, 0.05) is 6.08 Å². The summed E-state index contributed by atoms with van der Waals surface area (Å²) in [5, 5.41) is 0. The number of carbonyl (C=O) groups excluding carboxylic acids is 2. The lowest BCUT2D eigenvalue weighted by Crippen LogP contribution is -2.33. The molecule has 0 saturated heterocycles. The summed E-state index contributed by atoms with van der Waals surface area (Å²) in [6, 6.07) is -0.854. The minimum absolute atomic E-state index is 0.376. The molecule has 6 nitrogen and oxygen atoms in total. The first-order valence-corrected chi connectivity index (χ1v) is 12.3. The van der Waals surface area contributed by atoms with Gasteiger partial charge in [-0.1, -0.05) is 113 Å². The first-order valence-electron chi connectivity index (χ1n) is 12.3. The Hall–Kier alpha value is -2.44. The maximum absolute atomic E-state index is 11.5. The third-order valence-corrected chi connectivity index (χ3v) is 4.85.